The number of hydrogen-bond acceptors (Lipinski definition) is 2. The molecule has 0 aliphatic heterocycles. The highest BCUT2D eigenvalue weighted by Gasteiger charge is 2.10. The molecule has 18 heavy (non-hydrogen) atoms. The quantitative estimate of drug-likeness (QED) is 0.922. The predicted octanol–water partition coefficient (Wildman–Crippen LogP) is 3.54. The topological polar surface area (TPSA) is 42.0 Å². The summed E-state index contributed by atoms with van der Waals surface area (Å²) in [7, 11) is 0. The summed E-state index contributed by atoms with van der Waals surface area (Å²) < 4.78 is 13.4. The maximum Gasteiger partial charge on any atom is 0.257 e. The summed E-state index contributed by atoms with van der Waals surface area (Å²) in [6, 6.07) is 7.69. The zero-order valence-electron chi connectivity index (χ0n) is 9.58. The van der Waals surface area contributed by atoms with E-state index in [0.29, 0.717) is 21.4 Å². The molecule has 0 saturated carbocycles. The number of rotatable bonds is 2. The van der Waals surface area contributed by atoms with E-state index >= 15 is 0 Å². The smallest absolute Gasteiger partial charge is 0.257 e. The average Bonchev–Trinajstić information content (AvgIpc) is 2.34. The van der Waals surface area contributed by atoms with Crippen molar-refractivity contribution >= 4 is 27.5 Å². The van der Waals surface area contributed by atoms with E-state index < -0.39 is 0 Å². The van der Waals surface area contributed by atoms with Gasteiger partial charge >= 0.3 is 0 Å². The first kappa shape index (κ1) is 12.7. The van der Waals surface area contributed by atoms with Crippen LogP contribution in [0.15, 0.2) is 41.0 Å². The molecule has 0 unspecified atom stereocenters. The summed E-state index contributed by atoms with van der Waals surface area (Å²) in [5.74, 6) is -0.635. The summed E-state index contributed by atoms with van der Waals surface area (Å²) in [6.07, 6.45) is 1.63. The number of anilines is 1. The Bertz CT molecular complexity index is 601. The number of aromatic nitrogens is 1. The van der Waals surface area contributed by atoms with Gasteiger partial charge in [-0.25, -0.2) is 4.39 Å². The minimum Gasteiger partial charge on any atom is -0.322 e. The van der Waals surface area contributed by atoms with Crippen molar-refractivity contribution < 1.29 is 9.18 Å². The van der Waals surface area contributed by atoms with E-state index in [1.54, 1.807) is 25.3 Å². The molecule has 1 aromatic heterocycles. The Morgan fingerprint density at radius 2 is 2.17 bits per heavy atom. The summed E-state index contributed by atoms with van der Waals surface area (Å²) in [6.45, 7) is 1.76. The summed E-state index contributed by atoms with van der Waals surface area (Å²) >= 11 is 3.07. The molecule has 5 heteroatoms. The zero-order valence-corrected chi connectivity index (χ0v) is 11.2. The normalized spacial score (nSPS) is 10.2. The highest BCUT2D eigenvalue weighted by Crippen LogP contribution is 2.20. The van der Waals surface area contributed by atoms with Crippen LogP contribution in [0.1, 0.15) is 16.1 Å². The maximum atomic E-state index is 13.1. The number of halogens is 2. The molecule has 0 aliphatic rings. The number of nitrogens with zero attached hydrogens (tertiary/aromatic N) is 1. The van der Waals surface area contributed by atoms with Crippen molar-refractivity contribution in [2.24, 2.45) is 0 Å². The van der Waals surface area contributed by atoms with Crippen LogP contribution in [0.4, 0.5) is 10.1 Å². The van der Waals surface area contributed by atoms with Crippen LogP contribution in [-0.2, 0) is 0 Å². The summed E-state index contributed by atoms with van der Waals surface area (Å²) in [5, 5.41) is 2.69. The van der Waals surface area contributed by atoms with Crippen LogP contribution in [0, 0.1) is 12.7 Å². The molecule has 1 heterocycles. The van der Waals surface area contributed by atoms with Crippen molar-refractivity contribution in [2.45, 2.75) is 6.92 Å². The molecule has 0 saturated heterocycles. The van der Waals surface area contributed by atoms with Gasteiger partial charge in [-0.2, -0.15) is 0 Å². The van der Waals surface area contributed by atoms with Crippen LogP contribution in [-0.4, -0.2) is 10.9 Å². The molecule has 1 aromatic carbocycles. The molecular formula is C13H10BrFN2O. The van der Waals surface area contributed by atoms with Crippen LogP contribution in [0.3, 0.4) is 0 Å². The first-order valence-electron chi connectivity index (χ1n) is 5.26. The van der Waals surface area contributed by atoms with E-state index in [1.165, 1.54) is 18.2 Å². The molecule has 3 nitrogen and oxygen atoms in total. The Kier molecular flexibility index (Phi) is 3.72. The van der Waals surface area contributed by atoms with Gasteiger partial charge in [-0.1, -0.05) is 0 Å². The van der Waals surface area contributed by atoms with E-state index in [0.717, 1.165) is 0 Å². The van der Waals surface area contributed by atoms with E-state index in [9.17, 15) is 9.18 Å². The van der Waals surface area contributed by atoms with Crippen molar-refractivity contribution in [2.75, 3.05) is 5.32 Å². The molecule has 2 aromatic rings. The Morgan fingerprint density at radius 1 is 1.39 bits per heavy atom. The largest absolute Gasteiger partial charge is 0.322 e. The third kappa shape index (κ3) is 2.73. The van der Waals surface area contributed by atoms with Gasteiger partial charge in [-0.05, 0) is 53.2 Å². The second kappa shape index (κ2) is 5.27. The van der Waals surface area contributed by atoms with Gasteiger partial charge in [0.05, 0.1) is 10.0 Å². The number of benzene rings is 1. The van der Waals surface area contributed by atoms with Crippen LogP contribution < -0.4 is 5.32 Å². The number of carbonyl (C=O) groups excluding carboxylic acids is 1. The van der Waals surface area contributed by atoms with Crippen molar-refractivity contribution in [3.05, 3.63) is 58.1 Å². The maximum absolute atomic E-state index is 13.1. The third-order valence-corrected chi connectivity index (χ3v) is 3.04. The fourth-order valence-corrected chi connectivity index (χ4v) is 1.88. The lowest BCUT2D eigenvalue weighted by Gasteiger charge is -2.07. The Balaban J connectivity index is 2.22. The number of pyridine rings is 1. The Morgan fingerprint density at radius 3 is 2.83 bits per heavy atom. The van der Waals surface area contributed by atoms with Crippen LogP contribution in [0.2, 0.25) is 0 Å². The van der Waals surface area contributed by atoms with Gasteiger partial charge in [-0.15, -0.1) is 0 Å². The van der Waals surface area contributed by atoms with E-state index in [2.05, 4.69) is 26.2 Å². The lowest BCUT2D eigenvalue weighted by molar-refractivity contribution is 0.102. The molecular weight excluding hydrogens is 299 g/mol. The van der Waals surface area contributed by atoms with E-state index in [1.807, 2.05) is 0 Å². The van der Waals surface area contributed by atoms with Crippen molar-refractivity contribution in [3.8, 4) is 0 Å². The number of nitrogens with one attached hydrogen (secondary N) is 1. The van der Waals surface area contributed by atoms with Gasteiger partial charge < -0.3 is 5.32 Å². The van der Waals surface area contributed by atoms with Crippen LogP contribution in [0.5, 0.6) is 0 Å². The Hall–Kier alpha value is -1.75. The minimum atomic E-state index is -0.370. The highest BCUT2D eigenvalue weighted by atomic mass is 79.9. The van der Waals surface area contributed by atoms with Crippen LogP contribution in [0.25, 0.3) is 0 Å². The number of aryl methyl sites for hydroxylation is 1. The molecule has 1 amide bonds. The van der Waals surface area contributed by atoms with Crippen molar-refractivity contribution in [3.63, 3.8) is 0 Å². The fraction of sp³-hybridized carbons (Fsp3) is 0.0769. The molecule has 92 valence electrons. The Labute approximate surface area is 112 Å². The molecule has 0 aliphatic carbocycles. The van der Waals surface area contributed by atoms with E-state index in [4.69, 9.17) is 0 Å². The molecule has 1 N–H and O–H groups in total. The van der Waals surface area contributed by atoms with Gasteiger partial charge in [0, 0.05) is 17.6 Å². The van der Waals surface area contributed by atoms with E-state index in [-0.39, 0.29) is 11.7 Å². The highest BCUT2D eigenvalue weighted by molar-refractivity contribution is 9.10. The van der Waals surface area contributed by atoms with Gasteiger partial charge in [-0.3, -0.25) is 9.78 Å². The lowest BCUT2D eigenvalue weighted by atomic mass is 10.2. The molecule has 2 rings (SSSR count). The van der Waals surface area contributed by atoms with Gasteiger partial charge in [0.25, 0.3) is 5.91 Å². The second-order valence-electron chi connectivity index (χ2n) is 3.72. The van der Waals surface area contributed by atoms with Crippen LogP contribution >= 0.6 is 15.9 Å². The average molecular weight is 309 g/mol. The molecule has 0 bridgehead atoms. The van der Waals surface area contributed by atoms with Gasteiger partial charge in [0.15, 0.2) is 0 Å². The summed E-state index contributed by atoms with van der Waals surface area (Å²) in [5.41, 5.74) is 1.67. The van der Waals surface area contributed by atoms with Crippen molar-refractivity contribution in [1.29, 1.82) is 0 Å². The standard InChI is InChI=1S/C13H10BrFN2O/c1-8-10(3-2-6-16-8)13(18)17-9-4-5-12(15)11(14)7-9/h2-7H,1H3,(H,17,18). The summed E-state index contributed by atoms with van der Waals surface area (Å²) in [4.78, 5) is 16.0. The molecule has 0 radical (unpaired) electrons. The lowest BCUT2D eigenvalue weighted by Crippen LogP contribution is -2.13. The SMILES string of the molecule is Cc1ncccc1C(=O)Nc1ccc(F)c(Br)c1. The molecule has 0 fully saturated rings. The van der Waals surface area contributed by atoms with Crippen molar-refractivity contribution in [1.82, 2.24) is 4.98 Å². The monoisotopic (exact) mass is 308 g/mol. The third-order valence-electron chi connectivity index (χ3n) is 2.43. The van der Waals surface area contributed by atoms with Gasteiger partial charge in [0.2, 0.25) is 0 Å². The van der Waals surface area contributed by atoms with Gasteiger partial charge in [0.1, 0.15) is 5.82 Å². The fourth-order valence-electron chi connectivity index (χ4n) is 1.50. The number of amides is 1. The number of hydrogen-bond donors (Lipinski definition) is 1. The second-order valence-corrected chi connectivity index (χ2v) is 4.57. The molecule has 0 spiro atoms. The molecule has 0 atom stereocenters. The minimum absolute atomic E-state index is 0.265. The predicted molar refractivity (Wildman–Crippen MR) is 71.0 cm³/mol. The first-order chi connectivity index (χ1) is 8.58. The number of carbonyl (C=O) groups is 1. The zero-order chi connectivity index (χ0) is 13.1. The first-order valence-corrected chi connectivity index (χ1v) is 6.05.